The van der Waals surface area contributed by atoms with Gasteiger partial charge in [-0.25, -0.2) is 4.39 Å². The average Bonchev–Trinajstić information content (AvgIpc) is 3.03. The fraction of sp³-hybridized carbons (Fsp3) is 0.0833. The lowest BCUT2D eigenvalue weighted by Crippen LogP contribution is -2.31. The smallest absolute Gasteiger partial charge is 0.261 e. The van der Waals surface area contributed by atoms with Crippen LogP contribution in [0.5, 0.6) is 0 Å². The minimum Gasteiger partial charge on any atom is -0.366 e. The number of hydrogen-bond acceptors (Lipinski definition) is 4. The van der Waals surface area contributed by atoms with Gasteiger partial charge in [-0.2, -0.15) is 0 Å². The van der Waals surface area contributed by atoms with Crippen molar-refractivity contribution in [2.45, 2.75) is 6.42 Å². The molecule has 4 amide bonds. The number of fused-ring (bicyclic) bond motifs is 1. The second kappa shape index (κ2) is 8.43. The quantitative estimate of drug-likeness (QED) is 0.585. The lowest BCUT2D eigenvalue weighted by Gasteiger charge is -2.13. The third-order valence-electron chi connectivity index (χ3n) is 5.20. The zero-order valence-electron chi connectivity index (χ0n) is 16.8. The molecule has 0 saturated heterocycles. The third-order valence-corrected chi connectivity index (χ3v) is 5.20. The van der Waals surface area contributed by atoms with Crippen LogP contribution in [-0.2, 0) is 6.42 Å². The Kier molecular flexibility index (Phi) is 5.51. The number of nitrogens with one attached hydrogen (secondary N) is 1. The van der Waals surface area contributed by atoms with Crippen molar-refractivity contribution in [3.05, 3.63) is 100 Å². The van der Waals surface area contributed by atoms with Gasteiger partial charge in [0.15, 0.2) is 0 Å². The van der Waals surface area contributed by atoms with E-state index in [1.54, 1.807) is 0 Å². The predicted octanol–water partition coefficient (Wildman–Crippen LogP) is 3.02. The van der Waals surface area contributed by atoms with Crippen molar-refractivity contribution in [3.63, 3.8) is 0 Å². The number of halogens is 1. The molecule has 0 unspecified atom stereocenters. The molecule has 7 nitrogen and oxygen atoms in total. The topological polar surface area (TPSA) is 110 Å². The van der Waals surface area contributed by atoms with Crippen molar-refractivity contribution in [3.8, 4) is 0 Å². The monoisotopic (exact) mass is 431 g/mol. The summed E-state index contributed by atoms with van der Waals surface area (Å²) >= 11 is 0. The molecule has 1 aliphatic heterocycles. The summed E-state index contributed by atoms with van der Waals surface area (Å²) in [6, 6.07) is 17.0. The first-order valence-corrected chi connectivity index (χ1v) is 9.80. The highest BCUT2D eigenvalue weighted by molar-refractivity contribution is 6.22. The molecular weight excluding hydrogens is 413 g/mol. The van der Waals surface area contributed by atoms with Crippen LogP contribution in [0.15, 0.2) is 66.7 Å². The van der Waals surface area contributed by atoms with Crippen LogP contribution in [0, 0.1) is 5.82 Å². The minimum atomic E-state index is -0.825. The second-order valence-electron chi connectivity index (χ2n) is 7.27. The molecule has 0 aliphatic carbocycles. The van der Waals surface area contributed by atoms with Gasteiger partial charge in [-0.15, -0.1) is 0 Å². The summed E-state index contributed by atoms with van der Waals surface area (Å²) in [4.78, 5) is 50.3. The van der Waals surface area contributed by atoms with Gasteiger partial charge in [0.25, 0.3) is 17.7 Å². The summed E-state index contributed by atoms with van der Waals surface area (Å²) in [5, 5.41) is 2.39. The van der Waals surface area contributed by atoms with Gasteiger partial charge in [0, 0.05) is 17.7 Å². The first kappa shape index (κ1) is 20.9. The van der Waals surface area contributed by atoms with Crippen LogP contribution in [-0.4, -0.2) is 35.1 Å². The van der Waals surface area contributed by atoms with Crippen molar-refractivity contribution >= 4 is 29.3 Å². The van der Waals surface area contributed by atoms with E-state index < -0.39 is 29.4 Å². The summed E-state index contributed by atoms with van der Waals surface area (Å²) in [6.07, 6.45) is 0.514. The molecule has 1 heterocycles. The SMILES string of the molecule is NC(=O)c1ccc(NC(=O)c2ccc3c(c2)C(=O)N(CCc2ccccc2)C3=O)c(F)c1. The number of imide groups is 1. The molecule has 0 saturated carbocycles. The van der Waals surface area contributed by atoms with E-state index in [2.05, 4.69) is 5.32 Å². The van der Waals surface area contributed by atoms with Crippen molar-refractivity contribution in [2.75, 3.05) is 11.9 Å². The first-order chi connectivity index (χ1) is 15.3. The zero-order chi connectivity index (χ0) is 22.8. The Bertz CT molecular complexity index is 1260. The van der Waals surface area contributed by atoms with Crippen LogP contribution in [0.25, 0.3) is 0 Å². The summed E-state index contributed by atoms with van der Waals surface area (Å²) in [7, 11) is 0. The Morgan fingerprint density at radius 1 is 0.875 bits per heavy atom. The maximum absolute atomic E-state index is 14.2. The van der Waals surface area contributed by atoms with Crippen LogP contribution < -0.4 is 11.1 Å². The van der Waals surface area contributed by atoms with Crippen LogP contribution in [0.3, 0.4) is 0 Å². The van der Waals surface area contributed by atoms with Crippen molar-refractivity contribution in [1.82, 2.24) is 4.90 Å². The van der Waals surface area contributed by atoms with Crippen molar-refractivity contribution in [1.29, 1.82) is 0 Å². The molecule has 3 aromatic carbocycles. The van der Waals surface area contributed by atoms with Gasteiger partial charge in [-0.05, 0) is 48.4 Å². The normalized spacial score (nSPS) is 12.6. The number of anilines is 1. The van der Waals surface area contributed by atoms with Crippen molar-refractivity contribution < 1.29 is 23.6 Å². The molecule has 160 valence electrons. The van der Waals surface area contributed by atoms with Gasteiger partial charge < -0.3 is 11.1 Å². The summed E-state index contributed by atoms with van der Waals surface area (Å²) in [6.45, 7) is 0.218. The molecule has 4 rings (SSSR count). The zero-order valence-corrected chi connectivity index (χ0v) is 16.8. The molecule has 3 aromatic rings. The van der Waals surface area contributed by atoms with E-state index in [4.69, 9.17) is 5.73 Å². The first-order valence-electron chi connectivity index (χ1n) is 9.80. The fourth-order valence-corrected chi connectivity index (χ4v) is 3.48. The molecule has 0 radical (unpaired) electrons. The minimum absolute atomic E-state index is 0.0299. The van der Waals surface area contributed by atoms with E-state index in [1.807, 2.05) is 30.3 Å². The van der Waals surface area contributed by atoms with Crippen LogP contribution >= 0.6 is 0 Å². The Hall–Kier alpha value is -4.33. The Morgan fingerprint density at radius 2 is 1.56 bits per heavy atom. The molecule has 8 heteroatoms. The predicted molar refractivity (Wildman–Crippen MR) is 115 cm³/mol. The van der Waals surface area contributed by atoms with Crippen molar-refractivity contribution in [2.24, 2.45) is 5.73 Å². The number of nitrogens with zero attached hydrogens (tertiary/aromatic N) is 1. The average molecular weight is 431 g/mol. The highest BCUT2D eigenvalue weighted by atomic mass is 19.1. The largest absolute Gasteiger partial charge is 0.366 e. The van der Waals surface area contributed by atoms with Gasteiger partial charge in [0.2, 0.25) is 5.91 Å². The highest BCUT2D eigenvalue weighted by Gasteiger charge is 2.35. The standard InChI is InChI=1S/C24H18FN3O4/c25-19-13-15(21(26)29)7-9-20(19)27-22(30)16-6-8-17-18(12-16)24(32)28(23(17)31)11-10-14-4-2-1-3-5-14/h1-9,12-13H,10-11H2,(H2,26,29)(H,27,30). The molecule has 3 N–H and O–H groups in total. The molecule has 1 aliphatic rings. The molecular formula is C24H18FN3O4. The fourth-order valence-electron chi connectivity index (χ4n) is 3.48. The van der Waals surface area contributed by atoms with E-state index in [9.17, 15) is 23.6 Å². The Balaban J connectivity index is 1.50. The number of primary amides is 1. The van der Waals surface area contributed by atoms with Gasteiger partial charge in [0.05, 0.1) is 16.8 Å². The number of carbonyl (C=O) groups is 4. The van der Waals surface area contributed by atoms with E-state index in [-0.39, 0.29) is 34.5 Å². The molecule has 0 spiro atoms. The Morgan fingerprint density at radius 3 is 2.25 bits per heavy atom. The number of hydrogen-bond donors (Lipinski definition) is 2. The van der Waals surface area contributed by atoms with E-state index in [0.29, 0.717) is 6.42 Å². The number of benzene rings is 3. The second-order valence-corrected chi connectivity index (χ2v) is 7.27. The van der Waals surface area contributed by atoms with Gasteiger partial charge >= 0.3 is 0 Å². The number of rotatable bonds is 6. The molecule has 0 atom stereocenters. The lowest BCUT2D eigenvalue weighted by molar-refractivity contribution is 0.0655. The summed E-state index contributed by atoms with van der Waals surface area (Å²) < 4.78 is 14.2. The lowest BCUT2D eigenvalue weighted by atomic mass is 10.1. The van der Waals surface area contributed by atoms with Gasteiger partial charge in [-0.1, -0.05) is 30.3 Å². The van der Waals surface area contributed by atoms with E-state index >= 15 is 0 Å². The van der Waals surface area contributed by atoms with Crippen LogP contribution in [0.2, 0.25) is 0 Å². The Labute approximate surface area is 182 Å². The van der Waals surface area contributed by atoms with E-state index in [0.717, 1.165) is 16.5 Å². The number of nitrogens with two attached hydrogens (primary N) is 1. The molecule has 0 aromatic heterocycles. The number of carbonyl (C=O) groups excluding carboxylic acids is 4. The van der Waals surface area contributed by atoms with Crippen LogP contribution in [0.1, 0.15) is 47.0 Å². The third kappa shape index (κ3) is 3.98. The maximum Gasteiger partial charge on any atom is 0.261 e. The van der Waals surface area contributed by atoms with Gasteiger partial charge in [-0.3, -0.25) is 24.1 Å². The van der Waals surface area contributed by atoms with Crippen LogP contribution in [0.4, 0.5) is 10.1 Å². The van der Waals surface area contributed by atoms with Gasteiger partial charge in [0.1, 0.15) is 5.82 Å². The molecule has 0 bridgehead atoms. The summed E-state index contributed by atoms with van der Waals surface area (Å²) in [5.74, 6) is -3.18. The maximum atomic E-state index is 14.2. The number of amides is 4. The highest BCUT2D eigenvalue weighted by Crippen LogP contribution is 2.25. The molecule has 32 heavy (non-hydrogen) atoms. The van der Waals surface area contributed by atoms with E-state index in [1.165, 1.54) is 30.3 Å². The summed E-state index contributed by atoms with van der Waals surface area (Å²) in [5.41, 5.74) is 6.36. The molecule has 0 fully saturated rings.